The van der Waals surface area contributed by atoms with Gasteiger partial charge in [0.2, 0.25) is 0 Å². The van der Waals surface area contributed by atoms with E-state index in [1.54, 1.807) is 17.0 Å². The van der Waals surface area contributed by atoms with Crippen LogP contribution in [0.5, 0.6) is 11.5 Å². The number of likely N-dealkylation sites (tertiary alicyclic amines) is 1. The van der Waals surface area contributed by atoms with Crippen LogP contribution in [-0.2, 0) is 4.79 Å². The van der Waals surface area contributed by atoms with Gasteiger partial charge in [-0.05, 0) is 36.6 Å². The van der Waals surface area contributed by atoms with Gasteiger partial charge in [-0.15, -0.1) is 0 Å². The van der Waals surface area contributed by atoms with Crippen LogP contribution in [-0.4, -0.2) is 37.6 Å². The highest BCUT2D eigenvalue weighted by Gasteiger charge is 2.17. The summed E-state index contributed by atoms with van der Waals surface area (Å²) >= 11 is 0. The molecule has 1 amide bonds. The molecule has 1 aliphatic rings. The Kier molecular flexibility index (Phi) is 6.27. The molecule has 3 rings (SSSR count). The Hall–Kier alpha value is -2.63. The van der Waals surface area contributed by atoms with E-state index in [4.69, 9.17) is 9.47 Å². The molecule has 0 spiro atoms. The Morgan fingerprint density at radius 1 is 1.07 bits per heavy atom. The summed E-state index contributed by atoms with van der Waals surface area (Å²) in [6.07, 6.45) is 4.26. The third kappa shape index (κ3) is 4.76. The molecule has 2 aromatic rings. The van der Waals surface area contributed by atoms with E-state index in [1.165, 1.54) is 31.4 Å². The number of benzene rings is 2. The third-order valence-electron chi connectivity index (χ3n) is 4.67. The molecule has 0 unspecified atom stereocenters. The first-order valence-electron chi connectivity index (χ1n) is 9.12. The average Bonchev–Trinajstić information content (AvgIpc) is 2.95. The molecular formula is C21H23F2NO3. The van der Waals surface area contributed by atoms with Crippen molar-refractivity contribution in [1.29, 1.82) is 0 Å². The lowest BCUT2D eigenvalue weighted by Gasteiger charge is -2.20. The number of hydrogen-bond donors (Lipinski definition) is 0. The maximum absolute atomic E-state index is 14.1. The monoisotopic (exact) mass is 375 g/mol. The number of ether oxygens (including phenoxy) is 2. The van der Waals surface area contributed by atoms with Gasteiger partial charge in [0.1, 0.15) is 11.6 Å². The van der Waals surface area contributed by atoms with Crippen LogP contribution in [0.3, 0.4) is 0 Å². The highest BCUT2D eigenvalue weighted by molar-refractivity contribution is 5.78. The second-order valence-electron chi connectivity index (χ2n) is 6.58. The fourth-order valence-electron chi connectivity index (χ4n) is 3.30. The molecule has 0 aromatic heterocycles. The van der Waals surface area contributed by atoms with Gasteiger partial charge in [-0.1, -0.05) is 25.0 Å². The lowest BCUT2D eigenvalue weighted by molar-refractivity contribution is -0.133. The number of carbonyl (C=O) groups excluding carboxylic acids is 1. The van der Waals surface area contributed by atoms with Crippen LogP contribution >= 0.6 is 0 Å². The number of nitrogens with zero attached hydrogens (tertiary/aromatic N) is 1. The topological polar surface area (TPSA) is 38.8 Å². The van der Waals surface area contributed by atoms with E-state index in [0.717, 1.165) is 38.8 Å². The fourth-order valence-corrected chi connectivity index (χ4v) is 3.30. The van der Waals surface area contributed by atoms with Gasteiger partial charge in [0.25, 0.3) is 5.91 Å². The minimum absolute atomic E-state index is 0.0368. The molecule has 0 radical (unpaired) electrons. The van der Waals surface area contributed by atoms with Crippen molar-refractivity contribution in [3.63, 3.8) is 0 Å². The van der Waals surface area contributed by atoms with E-state index < -0.39 is 11.6 Å². The Morgan fingerprint density at radius 3 is 2.52 bits per heavy atom. The van der Waals surface area contributed by atoms with Crippen molar-refractivity contribution in [3.05, 3.63) is 48.0 Å². The van der Waals surface area contributed by atoms with Gasteiger partial charge in [-0.3, -0.25) is 4.79 Å². The van der Waals surface area contributed by atoms with Gasteiger partial charge >= 0.3 is 0 Å². The van der Waals surface area contributed by atoms with E-state index in [2.05, 4.69) is 0 Å². The van der Waals surface area contributed by atoms with Crippen molar-refractivity contribution < 1.29 is 23.0 Å². The summed E-state index contributed by atoms with van der Waals surface area (Å²) in [6.45, 7) is 1.32. The van der Waals surface area contributed by atoms with Gasteiger partial charge < -0.3 is 14.4 Å². The average molecular weight is 375 g/mol. The molecule has 0 aliphatic carbocycles. The molecular weight excluding hydrogens is 352 g/mol. The first-order valence-corrected chi connectivity index (χ1v) is 9.12. The Morgan fingerprint density at radius 2 is 1.81 bits per heavy atom. The highest BCUT2D eigenvalue weighted by Crippen LogP contribution is 2.34. The van der Waals surface area contributed by atoms with E-state index in [1.807, 2.05) is 0 Å². The van der Waals surface area contributed by atoms with Crippen LogP contribution in [0, 0.1) is 11.6 Å². The molecule has 0 saturated carbocycles. The van der Waals surface area contributed by atoms with Crippen molar-refractivity contribution in [2.45, 2.75) is 25.7 Å². The number of halogens is 2. The predicted molar refractivity (Wildman–Crippen MR) is 98.9 cm³/mol. The zero-order valence-corrected chi connectivity index (χ0v) is 15.3. The highest BCUT2D eigenvalue weighted by atomic mass is 19.1. The van der Waals surface area contributed by atoms with Gasteiger partial charge in [0.05, 0.1) is 7.11 Å². The normalized spacial score (nSPS) is 14.6. The van der Waals surface area contributed by atoms with Crippen molar-refractivity contribution in [2.24, 2.45) is 0 Å². The third-order valence-corrected chi connectivity index (χ3v) is 4.67. The van der Waals surface area contributed by atoms with Gasteiger partial charge in [-0.2, -0.15) is 0 Å². The van der Waals surface area contributed by atoms with Crippen molar-refractivity contribution in [1.82, 2.24) is 4.90 Å². The number of methoxy groups -OCH3 is 1. The summed E-state index contributed by atoms with van der Waals surface area (Å²) in [5.41, 5.74) is 0.837. The lowest BCUT2D eigenvalue weighted by atomic mass is 10.0. The molecule has 1 aliphatic heterocycles. The summed E-state index contributed by atoms with van der Waals surface area (Å²) in [7, 11) is 1.36. The van der Waals surface area contributed by atoms with Crippen LogP contribution in [0.2, 0.25) is 0 Å². The SMILES string of the molecule is COc1c(F)cccc1-c1cc(F)cc(OCC(=O)N2CCCCCC2)c1. The maximum atomic E-state index is 14.1. The van der Waals surface area contributed by atoms with Crippen molar-refractivity contribution >= 4 is 5.91 Å². The Balaban J connectivity index is 1.76. The number of carbonyl (C=O) groups is 1. The number of amides is 1. The summed E-state index contributed by atoms with van der Waals surface area (Å²) in [5.74, 6) is -0.908. The van der Waals surface area contributed by atoms with Crippen LogP contribution in [0.4, 0.5) is 8.78 Å². The quantitative estimate of drug-likeness (QED) is 0.776. The molecule has 1 saturated heterocycles. The second-order valence-corrected chi connectivity index (χ2v) is 6.58. The molecule has 4 nitrogen and oxygen atoms in total. The fraction of sp³-hybridized carbons (Fsp3) is 0.381. The molecule has 1 fully saturated rings. The number of hydrogen-bond acceptors (Lipinski definition) is 3. The largest absolute Gasteiger partial charge is 0.493 e. The molecule has 0 atom stereocenters. The Bertz CT molecular complexity index is 802. The summed E-state index contributed by atoms with van der Waals surface area (Å²) in [6, 6.07) is 8.52. The molecule has 144 valence electrons. The van der Waals surface area contributed by atoms with Crippen molar-refractivity contribution in [2.75, 3.05) is 26.8 Å². The van der Waals surface area contributed by atoms with Crippen LogP contribution in [0.1, 0.15) is 25.7 Å². The van der Waals surface area contributed by atoms with E-state index in [0.29, 0.717) is 11.1 Å². The summed E-state index contributed by atoms with van der Waals surface area (Å²) in [4.78, 5) is 14.1. The second kappa shape index (κ2) is 8.84. The zero-order chi connectivity index (χ0) is 19.2. The van der Waals surface area contributed by atoms with Crippen LogP contribution in [0.15, 0.2) is 36.4 Å². The van der Waals surface area contributed by atoms with E-state index in [9.17, 15) is 13.6 Å². The minimum Gasteiger partial charge on any atom is -0.493 e. The molecule has 2 aromatic carbocycles. The smallest absolute Gasteiger partial charge is 0.260 e. The number of rotatable bonds is 5. The molecule has 0 bridgehead atoms. The molecule has 6 heteroatoms. The Labute approximate surface area is 157 Å². The number of para-hydroxylation sites is 1. The van der Waals surface area contributed by atoms with Gasteiger partial charge in [0, 0.05) is 24.7 Å². The summed E-state index contributed by atoms with van der Waals surface area (Å²) in [5, 5.41) is 0. The minimum atomic E-state index is -0.531. The van der Waals surface area contributed by atoms with Crippen molar-refractivity contribution in [3.8, 4) is 22.6 Å². The van der Waals surface area contributed by atoms with Crippen LogP contribution < -0.4 is 9.47 Å². The summed E-state index contributed by atoms with van der Waals surface area (Å²) < 4.78 is 38.6. The van der Waals surface area contributed by atoms with Gasteiger partial charge in [0.15, 0.2) is 18.2 Å². The lowest BCUT2D eigenvalue weighted by Crippen LogP contribution is -2.35. The van der Waals surface area contributed by atoms with Crippen LogP contribution in [0.25, 0.3) is 11.1 Å². The zero-order valence-electron chi connectivity index (χ0n) is 15.3. The molecule has 0 N–H and O–H groups in total. The molecule has 1 heterocycles. The van der Waals surface area contributed by atoms with Gasteiger partial charge in [-0.25, -0.2) is 8.78 Å². The van der Waals surface area contributed by atoms with E-state index in [-0.39, 0.29) is 24.0 Å². The molecule has 27 heavy (non-hydrogen) atoms. The van der Waals surface area contributed by atoms with E-state index >= 15 is 0 Å². The first-order chi connectivity index (χ1) is 13.1. The maximum Gasteiger partial charge on any atom is 0.260 e. The standard InChI is InChI=1S/C21H23F2NO3/c1-26-21-18(7-6-8-19(21)23)15-11-16(22)13-17(12-15)27-14-20(25)24-9-4-2-3-5-10-24/h6-8,11-13H,2-5,9-10,14H2,1H3. The predicted octanol–water partition coefficient (Wildman–Crippen LogP) is 4.42. The first kappa shape index (κ1) is 19.1.